The molecule has 2 unspecified atom stereocenters. The fourth-order valence-electron chi connectivity index (χ4n) is 2.26. The zero-order valence-electron chi connectivity index (χ0n) is 13.6. The number of para-hydroxylation sites is 1. The van der Waals surface area contributed by atoms with Crippen LogP contribution in [0.4, 0.5) is 0 Å². The SMILES string of the molecule is CCC(C)C(O)CNC(=O)c1c(C)nn(-c2ccccc2)c1Cl. The molecule has 124 valence electrons. The van der Waals surface area contributed by atoms with Crippen molar-refractivity contribution in [2.24, 2.45) is 5.92 Å². The second-order valence-electron chi connectivity index (χ2n) is 5.66. The number of carbonyl (C=O) groups excluding carboxylic acids is 1. The van der Waals surface area contributed by atoms with Gasteiger partial charge in [0.2, 0.25) is 0 Å². The van der Waals surface area contributed by atoms with Crippen LogP contribution < -0.4 is 5.32 Å². The minimum Gasteiger partial charge on any atom is -0.391 e. The Bertz CT molecular complexity index is 670. The third-order valence-corrected chi connectivity index (χ3v) is 4.35. The standard InChI is InChI=1S/C17H22ClN3O2/c1-4-11(2)14(22)10-19-17(23)15-12(3)20-21(16(15)18)13-8-6-5-7-9-13/h5-9,11,14,22H,4,10H2,1-3H3,(H,19,23). The molecule has 0 fully saturated rings. The van der Waals surface area contributed by atoms with Gasteiger partial charge in [-0.25, -0.2) is 4.68 Å². The van der Waals surface area contributed by atoms with E-state index in [1.54, 1.807) is 6.92 Å². The Morgan fingerprint density at radius 3 is 2.65 bits per heavy atom. The summed E-state index contributed by atoms with van der Waals surface area (Å²) in [5, 5.41) is 17.3. The first-order chi connectivity index (χ1) is 11.0. The van der Waals surface area contributed by atoms with E-state index in [0.717, 1.165) is 12.1 Å². The summed E-state index contributed by atoms with van der Waals surface area (Å²) in [5.74, 6) is -0.198. The summed E-state index contributed by atoms with van der Waals surface area (Å²) in [5.41, 5.74) is 1.68. The molecule has 2 rings (SSSR count). The summed E-state index contributed by atoms with van der Waals surface area (Å²) >= 11 is 6.34. The van der Waals surface area contributed by atoms with Crippen LogP contribution in [0.1, 0.15) is 36.3 Å². The van der Waals surface area contributed by atoms with Gasteiger partial charge in [-0.15, -0.1) is 0 Å². The molecule has 23 heavy (non-hydrogen) atoms. The average molecular weight is 336 g/mol. The van der Waals surface area contributed by atoms with Crippen LogP contribution in [-0.4, -0.2) is 33.4 Å². The number of aryl methyl sites for hydroxylation is 1. The topological polar surface area (TPSA) is 67.2 Å². The average Bonchev–Trinajstić information content (AvgIpc) is 2.87. The van der Waals surface area contributed by atoms with E-state index < -0.39 is 6.10 Å². The van der Waals surface area contributed by atoms with Gasteiger partial charge < -0.3 is 10.4 Å². The third-order valence-electron chi connectivity index (χ3n) is 4.00. The van der Waals surface area contributed by atoms with E-state index >= 15 is 0 Å². The molecule has 2 aromatic rings. The molecule has 0 radical (unpaired) electrons. The van der Waals surface area contributed by atoms with E-state index in [1.165, 1.54) is 4.68 Å². The van der Waals surface area contributed by atoms with Crippen LogP contribution in [0.5, 0.6) is 0 Å². The molecule has 2 N–H and O–H groups in total. The molecule has 6 heteroatoms. The highest BCUT2D eigenvalue weighted by Gasteiger charge is 2.22. The van der Waals surface area contributed by atoms with Gasteiger partial charge in [0.05, 0.1) is 23.0 Å². The molecule has 0 spiro atoms. The summed E-state index contributed by atoms with van der Waals surface area (Å²) in [4.78, 5) is 12.4. The largest absolute Gasteiger partial charge is 0.391 e. The van der Waals surface area contributed by atoms with Gasteiger partial charge >= 0.3 is 0 Å². The van der Waals surface area contributed by atoms with Crippen LogP contribution >= 0.6 is 11.6 Å². The molecule has 5 nitrogen and oxygen atoms in total. The van der Waals surface area contributed by atoms with Crippen LogP contribution in [0.2, 0.25) is 5.15 Å². The van der Waals surface area contributed by atoms with Crippen molar-refractivity contribution in [3.8, 4) is 5.69 Å². The van der Waals surface area contributed by atoms with Crippen LogP contribution in [0.3, 0.4) is 0 Å². The number of carbonyl (C=O) groups is 1. The van der Waals surface area contributed by atoms with Crippen molar-refractivity contribution in [2.75, 3.05) is 6.54 Å². The highest BCUT2D eigenvalue weighted by Crippen LogP contribution is 2.23. The van der Waals surface area contributed by atoms with E-state index in [9.17, 15) is 9.90 Å². The number of nitrogens with zero attached hydrogens (tertiary/aromatic N) is 2. The molecule has 1 aromatic heterocycles. The highest BCUT2D eigenvalue weighted by atomic mass is 35.5. The van der Waals surface area contributed by atoms with Gasteiger partial charge in [0.15, 0.2) is 0 Å². The van der Waals surface area contributed by atoms with E-state index in [4.69, 9.17) is 11.6 Å². The smallest absolute Gasteiger partial charge is 0.256 e. The molecule has 1 amide bonds. The summed E-state index contributed by atoms with van der Waals surface area (Å²) in [6.45, 7) is 5.88. The van der Waals surface area contributed by atoms with E-state index in [1.807, 2.05) is 44.2 Å². The lowest BCUT2D eigenvalue weighted by atomic mass is 10.0. The fourth-order valence-corrected chi connectivity index (χ4v) is 2.61. The van der Waals surface area contributed by atoms with Gasteiger partial charge in [-0.2, -0.15) is 5.10 Å². The Balaban J connectivity index is 2.17. The lowest BCUT2D eigenvalue weighted by molar-refractivity contribution is 0.0850. The number of halogens is 1. The second kappa shape index (κ2) is 7.62. The third kappa shape index (κ3) is 3.92. The van der Waals surface area contributed by atoms with Crippen LogP contribution in [-0.2, 0) is 0 Å². The Kier molecular flexibility index (Phi) is 5.80. The van der Waals surface area contributed by atoms with Crippen molar-refractivity contribution in [1.82, 2.24) is 15.1 Å². The van der Waals surface area contributed by atoms with Crippen LogP contribution in [0.15, 0.2) is 30.3 Å². The van der Waals surface area contributed by atoms with Gasteiger partial charge in [-0.05, 0) is 25.0 Å². The highest BCUT2D eigenvalue weighted by molar-refractivity contribution is 6.33. The minimum absolute atomic E-state index is 0.124. The first kappa shape index (κ1) is 17.5. The molecule has 0 saturated heterocycles. The van der Waals surface area contributed by atoms with Gasteiger partial charge in [-0.1, -0.05) is 50.1 Å². The number of benzene rings is 1. The normalized spacial score (nSPS) is 13.6. The maximum atomic E-state index is 12.4. The monoisotopic (exact) mass is 335 g/mol. The predicted octanol–water partition coefficient (Wildman–Crippen LogP) is 2.97. The molecule has 0 aliphatic heterocycles. The van der Waals surface area contributed by atoms with E-state index in [2.05, 4.69) is 10.4 Å². The molecule has 0 saturated carbocycles. The quantitative estimate of drug-likeness (QED) is 0.852. The van der Waals surface area contributed by atoms with Gasteiger partial charge in [0, 0.05) is 6.54 Å². The summed E-state index contributed by atoms with van der Waals surface area (Å²) < 4.78 is 1.54. The molecular formula is C17H22ClN3O2. The first-order valence-electron chi connectivity index (χ1n) is 7.72. The van der Waals surface area contributed by atoms with Crippen molar-refractivity contribution < 1.29 is 9.90 Å². The van der Waals surface area contributed by atoms with Gasteiger partial charge in [0.25, 0.3) is 5.91 Å². The molecule has 1 aromatic carbocycles. The summed E-state index contributed by atoms with van der Waals surface area (Å²) in [7, 11) is 0. The van der Waals surface area contributed by atoms with E-state index in [-0.39, 0.29) is 23.5 Å². The molecule has 2 atom stereocenters. The van der Waals surface area contributed by atoms with Crippen molar-refractivity contribution >= 4 is 17.5 Å². The van der Waals surface area contributed by atoms with Crippen LogP contribution in [0, 0.1) is 12.8 Å². The number of aliphatic hydroxyl groups is 1. The Morgan fingerprint density at radius 1 is 1.39 bits per heavy atom. The minimum atomic E-state index is -0.577. The number of rotatable bonds is 6. The maximum Gasteiger partial charge on any atom is 0.256 e. The fraction of sp³-hybridized carbons (Fsp3) is 0.412. The number of amides is 1. The van der Waals surface area contributed by atoms with Crippen LogP contribution in [0.25, 0.3) is 5.69 Å². The predicted molar refractivity (Wildman–Crippen MR) is 91.1 cm³/mol. The summed E-state index contributed by atoms with van der Waals surface area (Å²) in [6.07, 6.45) is 0.273. The number of hydrogen-bond acceptors (Lipinski definition) is 3. The van der Waals surface area contributed by atoms with Crippen molar-refractivity contribution in [2.45, 2.75) is 33.3 Å². The number of aromatic nitrogens is 2. The molecule has 1 heterocycles. The first-order valence-corrected chi connectivity index (χ1v) is 8.10. The molecule has 0 bridgehead atoms. The van der Waals surface area contributed by atoms with Gasteiger partial charge in [0.1, 0.15) is 5.15 Å². The molecule has 0 aliphatic rings. The Hall–Kier alpha value is -1.85. The second-order valence-corrected chi connectivity index (χ2v) is 6.02. The number of aliphatic hydroxyl groups excluding tert-OH is 1. The molecule has 0 aliphatic carbocycles. The lowest BCUT2D eigenvalue weighted by Gasteiger charge is -2.17. The lowest BCUT2D eigenvalue weighted by Crippen LogP contribution is -2.35. The van der Waals surface area contributed by atoms with Crippen molar-refractivity contribution in [1.29, 1.82) is 0 Å². The maximum absolute atomic E-state index is 12.4. The summed E-state index contributed by atoms with van der Waals surface area (Å²) in [6, 6.07) is 9.40. The van der Waals surface area contributed by atoms with Gasteiger partial charge in [-0.3, -0.25) is 4.79 Å². The van der Waals surface area contributed by atoms with Crippen molar-refractivity contribution in [3.63, 3.8) is 0 Å². The zero-order chi connectivity index (χ0) is 17.0. The Labute approximate surface area is 141 Å². The van der Waals surface area contributed by atoms with Crippen molar-refractivity contribution in [3.05, 3.63) is 46.7 Å². The van der Waals surface area contributed by atoms with E-state index in [0.29, 0.717) is 11.3 Å². The zero-order valence-corrected chi connectivity index (χ0v) is 14.3. The number of nitrogens with one attached hydrogen (secondary N) is 1. The Morgan fingerprint density at radius 2 is 2.04 bits per heavy atom. The molecular weight excluding hydrogens is 314 g/mol. The number of hydrogen-bond donors (Lipinski definition) is 2.